The number of H-pyrrole nitrogens is 1. The molecule has 0 spiro atoms. The molecule has 2 amide bonds. The highest BCUT2D eigenvalue weighted by Gasteiger charge is 2.48. The summed E-state index contributed by atoms with van der Waals surface area (Å²) in [5.41, 5.74) is 2.37. The molecule has 2 atom stereocenters. The van der Waals surface area contributed by atoms with E-state index >= 15 is 0 Å². The second-order valence-electron chi connectivity index (χ2n) is 8.72. The van der Waals surface area contributed by atoms with E-state index in [1.807, 2.05) is 31.2 Å². The van der Waals surface area contributed by atoms with E-state index in [1.54, 1.807) is 9.80 Å². The lowest BCUT2D eigenvalue weighted by atomic mass is 9.86. The smallest absolute Gasteiger partial charge is 0.356 e. The van der Waals surface area contributed by atoms with Crippen molar-refractivity contribution in [3.05, 3.63) is 70.9 Å². The van der Waals surface area contributed by atoms with Crippen LogP contribution in [0.15, 0.2) is 48.5 Å². The van der Waals surface area contributed by atoms with Crippen molar-refractivity contribution in [2.75, 3.05) is 13.1 Å². The second-order valence-corrected chi connectivity index (χ2v) is 8.72. The predicted octanol–water partition coefficient (Wildman–Crippen LogP) is 4.67. The van der Waals surface area contributed by atoms with Gasteiger partial charge in [0.1, 0.15) is 6.04 Å². The fraction of sp³-hybridized carbons (Fsp3) is 0.360. The van der Waals surface area contributed by atoms with Crippen LogP contribution in [0.4, 0.5) is 13.2 Å². The van der Waals surface area contributed by atoms with Gasteiger partial charge >= 0.3 is 6.18 Å². The summed E-state index contributed by atoms with van der Waals surface area (Å²) in [5, 5.41) is 0.968. The molecule has 5 rings (SSSR count). The number of carbonyl (C=O) groups is 2. The van der Waals surface area contributed by atoms with Gasteiger partial charge in [-0.1, -0.05) is 43.7 Å². The van der Waals surface area contributed by atoms with E-state index in [1.165, 1.54) is 12.1 Å². The summed E-state index contributed by atoms with van der Waals surface area (Å²) in [6, 6.07) is 11.3. The Bertz CT molecular complexity index is 1220. The molecule has 2 aromatic carbocycles. The molecule has 1 aromatic heterocycles. The van der Waals surface area contributed by atoms with Crippen LogP contribution in [-0.4, -0.2) is 45.7 Å². The standard InChI is InChI=1S/C25H24F3N3O2/c1-2-3-12-30-14-21(32)31-20(24(30)33)13-18-17-6-4-5-7-19(17)29-22(18)23(31)15-8-10-16(11-9-15)25(26,27)28/h4-11,20,23,29H,2-3,12-14H2,1H3. The van der Waals surface area contributed by atoms with Gasteiger partial charge in [0.25, 0.3) is 0 Å². The Kier molecular flexibility index (Phi) is 5.18. The van der Waals surface area contributed by atoms with Crippen molar-refractivity contribution >= 4 is 22.7 Å². The minimum absolute atomic E-state index is 0.0119. The number of aromatic amines is 1. The second kappa shape index (κ2) is 7.93. The third-order valence-corrected chi connectivity index (χ3v) is 6.68. The summed E-state index contributed by atoms with van der Waals surface area (Å²) in [7, 11) is 0. The topological polar surface area (TPSA) is 56.4 Å². The number of benzene rings is 2. The Labute approximate surface area is 189 Å². The summed E-state index contributed by atoms with van der Waals surface area (Å²) in [6.45, 7) is 2.54. The Morgan fingerprint density at radius 2 is 1.79 bits per heavy atom. The van der Waals surface area contributed by atoms with Gasteiger partial charge in [-0.15, -0.1) is 0 Å². The van der Waals surface area contributed by atoms with E-state index < -0.39 is 23.8 Å². The number of hydrogen-bond acceptors (Lipinski definition) is 2. The first kappa shape index (κ1) is 21.6. The minimum Gasteiger partial charge on any atom is -0.356 e. The zero-order valence-electron chi connectivity index (χ0n) is 18.2. The predicted molar refractivity (Wildman–Crippen MR) is 117 cm³/mol. The number of unbranched alkanes of at least 4 members (excludes halogenated alkanes) is 1. The van der Waals surface area contributed by atoms with Crippen LogP contribution in [0.3, 0.4) is 0 Å². The molecule has 8 heteroatoms. The molecule has 3 aromatic rings. The van der Waals surface area contributed by atoms with Crippen LogP contribution in [-0.2, 0) is 22.2 Å². The maximum absolute atomic E-state index is 13.4. The Hall–Kier alpha value is -3.29. The highest BCUT2D eigenvalue weighted by Crippen LogP contribution is 2.43. The van der Waals surface area contributed by atoms with Gasteiger partial charge in [0.15, 0.2) is 0 Å². The van der Waals surface area contributed by atoms with Crippen molar-refractivity contribution in [1.82, 2.24) is 14.8 Å². The number of fused-ring (bicyclic) bond motifs is 4. The van der Waals surface area contributed by atoms with E-state index in [4.69, 9.17) is 0 Å². The first-order chi connectivity index (χ1) is 15.8. The van der Waals surface area contributed by atoms with Crippen LogP contribution < -0.4 is 0 Å². The first-order valence-electron chi connectivity index (χ1n) is 11.2. The number of para-hydroxylation sites is 1. The Morgan fingerprint density at radius 1 is 1.06 bits per heavy atom. The van der Waals surface area contributed by atoms with Gasteiger partial charge in [-0.2, -0.15) is 13.2 Å². The zero-order valence-corrected chi connectivity index (χ0v) is 18.2. The van der Waals surface area contributed by atoms with Crippen molar-refractivity contribution in [2.45, 2.75) is 44.4 Å². The lowest BCUT2D eigenvalue weighted by Crippen LogP contribution is -2.63. The van der Waals surface area contributed by atoms with Gasteiger partial charge in [0, 0.05) is 29.6 Å². The molecular formula is C25H24F3N3O2. The van der Waals surface area contributed by atoms with E-state index in [2.05, 4.69) is 4.98 Å². The third kappa shape index (κ3) is 3.57. The third-order valence-electron chi connectivity index (χ3n) is 6.68. The van der Waals surface area contributed by atoms with Crippen LogP contribution in [0.25, 0.3) is 10.9 Å². The highest BCUT2D eigenvalue weighted by atomic mass is 19.4. The number of halogens is 3. The zero-order chi connectivity index (χ0) is 23.3. The number of amides is 2. The molecule has 172 valence electrons. The van der Waals surface area contributed by atoms with E-state index in [-0.39, 0.29) is 18.4 Å². The maximum atomic E-state index is 13.4. The van der Waals surface area contributed by atoms with Crippen LogP contribution in [0.1, 0.15) is 48.2 Å². The fourth-order valence-corrected chi connectivity index (χ4v) is 5.06. The summed E-state index contributed by atoms with van der Waals surface area (Å²) in [5.74, 6) is -0.291. The molecule has 2 aliphatic heterocycles. The number of nitrogens with zero attached hydrogens (tertiary/aromatic N) is 2. The molecule has 2 aliphatic rings. The van der Waals surface area contributed by atoms with Crippen molar-refractivity contribution in [1.29, 1.82) is 0 Å². The normalized spacial score (nSPS) is 20.8. The summed E-state index contributed by atoms with van der Waals surface area (Å²) in [6.07, 6.45) is -2.35. The quantitative estimate of drug-likeness (QED) is 0.622. The molecule has 0 radical (unpaired) electrons. The SMILES string of the molecule is CCCCN1CC(=O)N2C(Cc3c([nH]c4ccccc34)C2c2ccc(C(F)(F)F)cc2)C1=O. The maximum Gasteiger partial charge on any atom is 0.416 e. The van der Waals surface area contributed by atoms with E-state index in [0.717, 1.165) is 47.1 Å². The van der Waals surface area contributed by atoms with Crippen molar-refractivity contribution < 1.29 is 22.8 Å². The number of alkyl halides is 3. The first-order valence-corrected chi connectivity index (χ1v) is 11.2. The number of carbonyl (C=O) groups excluding carboxylic acids is 2. The average molecular weight is 455 g/mol. The molecular weight excluding hydrogens is 431 g/mol. The summed E-state index contributed by atoms with van der Waals surface area (Å²) < 4.78 is 39.4. The van der Waals surface area contributed by atoms with Gasteiger partial charge in [0.05, 0.1) is 18.2 Å². The minimum atomic E-state index is -4.45. The van der Waals surface area contributed by atoms with Crippen LogP contribution in [0.2, 0.25) is 0 Å². The molecule has 1 saturated heterocycles. The molecule has 0 bridgehead atoms. The number of piperazine rings is 1. The number of nitrogens with one attached hydrogen (secondary N) is 1. The molecule has 0 aliphatic carbocycles. The number of aromatic nitrogens is 1. The number of hydrogen-bond donors (Lipinski definition) is 1. The molecule has 1 fully saturated rings. The van der Waals surface area contributed by atoms with Gasteiger partial charge in [-0.05, 0) is 35.7 Å². The van der Waals surface area contributed by atoms with Crippen molar-refractivity contribution in [2.24, 2.45) is 0 Å². The molecule has 1 N–H and O–H groups in total. The van der Waals surface area contributed by atoms with Gasteiger partial charge in [0.2, 0.25) is 11.8 Å². The van der Waals surface area contributed by atoms with E-state index in [0.29, 0.717) is 18.5 Å². The monoisotopic (exact) mass is 455 g/mol. The van der Waals surface area contributed by atoms with E-state index in [9.17, 15) is 22.8 Å². The molecule has 3 heterocycles. The van der Waals surface area contributed by atoms with Gasteiger partial charge < -0.3 is 14.8 Å². The largest absolute Gasteiger partial charge is 0.416 e. The highest BCUT2D eigenvalue weighted by molar-refractivity contribution is 5.97. The Balaban J connectivity index is 1.64. The average Bonchev–Trinajstić information content (AvgIpc) is 3.17. The lowest BCUT2D eigenvalue weighted by molar-refractivity contribution is -0.158. The van der Waals surface area contributed by atoms with Crippen molar-refractivity contribution in [3.8, 4) is 0 Å². The van der Waals surface area contributed by atoms with Gasteiger partial charge in [-0.25, -0.2) is 0 Å². The lowest BCUT2D eigenvalue weighted by Gasteiger charge is -2.47. The Morgan fingerprint density at radius 3 is 2.48 bits per heavy atom. The fourth-order valence-electron chi connectivity index (χ4n) is 5.06. The summed E-state index contributed by atoms with van der Waals surface area (Å²) in [4.78, 5) is 33.3. The molecule has 5 nitrogen and oxygen atoms in total. The molecule has 33 heavy (non-hydrogen) atoms. The van der Waals surface area contributed by atoms with Gasteiger partial charge in [-0.3, -0.25) is 9.59 Å². The number of rotatable bonds is 4. The molecule has 0 saturated carbocycles. The summed E-state index contributed by atoms with van der Waals surface area (Å²) >= 11 is 0. The van der Waals surface area contributed by atoms with Crippen LogP contribution in [0.5, 0.6) is 0 Å². The van der Waals surface area contributed by atoms with Crippen LogP contribution >= 0.6 is 0 Å². The van der Waals surface area contributed by atoms with Crippen molar-refractivity contribution in [3.63, 3.8) is 0 Å². The molecule has 2 unspecified atom stereocenters. The van der Waals surface area contributed by atoms with Crippen LogP contribution in [0, 0.1) is 0 Å².